The maximum atomic E-state index is 11.9. The van der Waals surface area contributed by atoms with Gasteiger partial charge in [0, 0.05) is 4.47 Å². The average molecular weight is 339 g/mol. The predicted octanol–water partition coefficient (Wildman–Crippen LogP) is 1.68. The van der Waals surface area contributed by atoms with Gasteiger partial charge in [-0.05, 0) is 24.1 Å². The molecule has 4 nitrogen and oxygen atoms in total. The molecule has 2 rings (SSSR count). The molecule has 0 saturated carbocycles. The number of hydrogen-bond donors (Lipinski definition) is 0. The largest absolute Gasteiger partial charge is 0.227 e. The Hall–Kier alpha value is -0.400. The van der Waals surface area contributed by atoms with Crippen molar-refractivity contribution in [1.82, 2.24) is 0 Å². The molecule has 0 bridgehead atoms. The number of halogens is 1. The van der Waals surface area contributed by atoms with Crippen LogP contribution in [0.15, 0.2) is 28.7 Å². The van der Waals surface area contributed by atoms with E-state index in [0.717, 1.165) is 0 Å². The van der Waals surface area contributed by atoms with Gasteiger partial charge in [0.2, 0.25) is 0 Å². The van der Waals surface area contributed by atoms with Crippen LogP contribution in [0.3, 0.4) is 0 Å². The summed E-state index contributed by atoms with van der Waals surface area (Å²) in [4.78, 5) is 0. The van der Waals surface area contributed by atoms with E-state index in [1.54, 1.807) is 18.2 Å². The summed E-state index contributed by atoms with van der Waals surface area (Å²) in [5.74, 6) is -0.132. The van der Waals surface area contributed by atoms with Crippen LogP contribution in [0.4, 0.5) is 0 Å². The Labute approximate surface area is 109 Å². The van der Waals surface area contributed by atoms with E-state index in [9.17, 15) is 16.8 Å². The van der Waals surface area contributed by atoms with Gasteiger partial charge in [-0.1, -0.05) is 28.1 Å². The first-order valence-electron chi connectivity index (χ1n) is 5.01. The zero-order valence-corrected chi connectivity index (χ0v) is 12.1. The lowest BCUT2D eigenvalue weighted by Crippen LogP contribution is -2.32. The monoisotopic (exact) mass is 338 g/mol. The maximum absolute atomic E-state index is 11.9. The van der Waals surface area contributed by atoms with Crippen LogP contribution < -0.4 is 0 Å². The van der Waals surface area contributed by atoms with E-state index in [2.05, 4.69) is 15.9 Å². The Kier molecular flexibility index (Phi) is 3.35. The fourth-order valence-corrected chi connectivity index (χ4v) is 7.57. The van der Waals surface area contributed by atoms with Crippen LogP contribution in [-0.2, 0) is 19.7 Å². The van der Waals surface area contributed by atoms with Crippen molar-refractivity contribution in [3.05, 3.63) is 34.3 Å². The van der Waals surface area contributed by atoms with Gasteiger partial charge in [-0.15, -0.1) is 0 Å². The molecular formula is C10H11BrO4S2. The van der Waals surface area contributed by atoms with Crippen LogP contribution in [0.2, 0.25) is 0 Å². The Bertz CT molecular complexity index is 600. The second-order valence-corrected chi connectivity index (χ2v) is 9.60. The third kappa shape index (κ3) is 2.56. The summed E-state index contributed by atoms with van der Waals surface area (Å²) in [7, 11) is -7.22. The molecule has 94 valence electrons. The number of sulfone groups is 2. The molecule has 1 aromatic carbocycles. The fourth-order valence-electron chi connectivity index (χ4n) is 1.97. The average Bonchev–Trinajstić information content (AvgIpc) is 2.14. The van der Waals surface area contributed by atoms with Crippen molar-refractivity contribution >= 4 is 35.6 Å². The van der Waals surface area contributed by atoms with Gasteiger partial charge in [0.25, 0.3) is 0 Å². The minimum atomic E-state index is -3.61. The van der Waals surface area contributed by atoms with E-state index in [0.29, 0.717) is 10.0 Å². The molecule has 0 aliphatic carbocycles. The van der Waals surface area contributed by atoms with E-state index in [1.165, 1.54) is 6.07 Å². The molecule has 0 N–H and O–H groups in total. The molecule has 1 aromatic rings. The topological polar surface area (TPSA) is 68.3 Å². The molecule has 0 amide bonds. The van der Waals surface area contributed by atoms with E-state index >= 15 is 0 Å². The second-order valence-electron chi connectivity index (χ2n) is 3.97. The van der Waals surface area contributed by atoms with E-state index in [-0.39, 0.29) is 17.9 Å². The number of benzene rings is 1. The fraction of sp³-hybridized carbons (Fsp3) is 0.400. The summed E-state index contributed by atoms with van der Waals surface area (Å²) in [6, 6.07) is 6.45. The summed E-state index contributed by atoms with van der Waals surface area (Å²) in [5, 5.41) is 0. The number of rotatable bonds is 1. The lowest BCUT2D eigenvalue weighted by molar-refractivity contribution is 0.567. The zero-order chi connectivity index (χ0) is 12.7. The summed E-state index contributed by atoms with van der Waals surface area (Å²) < 4.78 is 46.9. The molecule has 0 atom stereocenters. The van der Waals surface area contributed by atoms with Crippen LogP contribution >= 0.6 is 15.9 Å². The Balaban J connectivity index is 2.61. The molecule has 0 aromatic heterocycles. The van der Waals surface area contributed by atoms with Crippen molar-refractivity contribution in [2.24, 2.45) is 0 Å². The Morgan fingerprint density at radius 2 is 1.65 bits per heavy atom. The first kappa shape index (κ1) is 13.0. The van der Waals surface area contributed by atoms with Crippen LogP contribution in [0, 0.1) is 0 Å². The van der Waals surface area contributed by atoms with Gasteiger partial charge in [0.1, 0.15) is 0 Å². The lowest BCUT2D eigenvalue weighted by Gasteiger charge is -2.23. The van der Waals surface area contributed by atoms with Gasteiger partial charge < -0.3 is 0 Å². The normalized spacial score (nSPS) is 23.4. The Morgan fingerprint density at radius 1 is 1.06 bits per heavy atom. The van der Waals surface area contributed by atoms with Crippen molar-refractivity contribution in [2.75, 3.05) is 11.5 Å². The van der Waals surface area contributed by atoms with Crippen molar-refractivity contribution in [2.45, 2.75) is 11.0 Å². The summed E-state index contributed by atoms with van der Waals surface area (Å²) >= 11 is 3.21. The SMILES string of the molecule is O=S1(=O)CCCS(=O)(=O)C1c1cccc(Br)c1. The zero-order valence-electron chi connectivity index (χ0n) is 8.84. The van der Waals surface area contributed by atoms with E-state index in [4.69, 9.17) is 0 Å². The third-order valence-corrected chi connectivity index (χ3v) is 8.45. The standard InChI is InChI=1S/C10H11BrO4S2/c11-9-4-1-3-8(7-9)10-16(12,13)5-2-6-17(10,14)15/h1,3-4,7,10H,2,5-6H2. The molecular weight excluding hydrogens is 328 g/mol. The molecule has 1 aliphatic heterocycles. The molecule has 7 heteroatoms. The molecule has 17 heavy (non-hydrogen) atoms. The minimum absolute atomic E-state index is 0.0661. The number of hydrogen-bond acceptors (Lipinski definition) is 4. The lowest BCUT2D eigenvalue weighted by atomic mass is 10.2. The van der Waals surface area contributed by atoms with Gasteiger partial charge in [-0.2, -0.15) is 0 Å². The van der Waals surface area contributed by atoms with Crippen molar-refractivity contribution in [3.63, 3.8) is 0 Å². The van der Waals surface area contributed by atoms with Gasteiger partial charge in [0.15, 0.2) is 24.3 Å². The van der Waals surface area contributed by atoms with Crippen LogP contribution in [0.25, 0.3) is 0 Å². The smallest absolute Gasteiger partial charge is 0.187 e. The third-order valence-electron chi connectivity index (χ3n) is 2.63. The minimum Gasteiger partial charge on any atom is -0.227 e. The second kappa shape index (κ2) is 4.37. The van der Waals surface area contributed by atoms with Crippen LogP contribution in [0.1, 0.15) is 16.6 Å². The van der Waals surface area contributed by atoms with Crippen molar-refractivity contribution < 1.29 is 16.8 Å². The first-order valence-corrected chi connectivity index (χ1v) is 9.24. The molecule has 1 heterocycles. The molecule has 1 fully saturated rings. The highest BCUT2D eigenvalue weighted by molar-refractivity contribution is 9.10. The highest BCUT2D eigenvalue weighted by Gasteiger charge is 2.42. The van der Waals surface area contributed by atoms with E-state index < -0.39 is 24.3 Å². The summed E-state index contributed by atoms with van der Waals surface area (Å²) in [5.41, 5.74) is 0.319. The Morgan fingerprint density at radius 3 is 2.18 bits per heavy atom. The van der Waals surface area contributed by atoms with Gasteiger partial charge in [-0.3, -0.25) is 0 Å². The van der Waals surface area contributed by atoms with Gasteiger partial charge in [-0.25, -0.2) is 16.8 Å². The summed E-state index contributed by atoms with van der Waals surface area (Å²) in [6.07, 6.45) is 0.190. The van der Waals surface area contributed by atoms with Crippen LogP contribution in [0.5, 0.6) is 0 Å². The quantitative estimate of drug-likeness (QED) is 0.781. The first-order chi connectivity index (χ1) is 7.83. The molecule has 1 aliphatic rings. The van der Waals surface area contributed by atoms with Gasteiger partial charge in [0.05, 0.1) is 11.5 Å². The molecule has 0 radical (unpaired) electrons. The van der Waals surface area contributed by atoms with Crippen LogP contribution in [-0.4, -0.2) is 28.3 Å². The van der Waals surface area contributed by atoms with Gasteiger partial charge >= 0.3 is 0 Å². The van der Waals surface area contributed by atoms with Crippen molar-refractivity contribution in [1.29, 1.82) is 0 Å². The molecule has 0 spiro atoms. The highest BCUT2D eigenvalue weighted by atomic mass is 79.9. The van der Waals surface area contributed by atoms with Crippen molar-refractivity contribution in [3.8, 4) is 0 Å². The molecule has 1 saturated heterocycles. The summed E-state index contributed by atoms with van der Waals surface area (Å²) in [6.45, 7) is 0. The predicted molar refractivity (Wildman–Crippen MR) is 69.1 cm³/mol. The van der Waals surface area contributed by atoms with E-state index in [1.807, 2.05) is 0 Å². The maximum Gasteiger partial charge on any atom is 0.187 e. The highest BCUT2D eigenvalue weighted by Crippen LogP contribution is 2.35. The molecule has 0 unspecified atom stereocenters.